The first-order valence-electron chi connectivity index (χ1n) is 6.23. The molecule has 0 saturated carbocycles. The van der Waals surface area contributed by atoms with Gasteiger partial charge in [-0.05, 0) is 31.6 Å². The minimum atomic E-state index is -0.0330. The van der Waals surface area contributed by atoms with Crippen LogP contribution in [0.5, 0.6) is 0 Å². The Morgan fingerprint density at radius 1 is 1.50 bits per heavy atom. The lowest BCUT2D eigenvalue weighted by atomic mass is 9.72. The summed E-state index contributed by atoms with van der Waals surface area (Å²) in [6, 6.07) is 0. The van der Waals surface area contributed by atoms with Crippen LogP contribution < -0.4 is 5.32 Å². The molecule has 0 aliphatic carbocycles. The third-order valence-electron chi connectivity index (χ3n) is 3.84. The summed E-state index contributed by atoms with van der Waals surface area (Å²) in [5.41, 5.74) is 0.0861. The van der Waals surface area contributed by atoms with Crippen molar-refractivity contribution in [3.8, 4) is 0 Å². The van der Waals surface area contributed by atoms with E-state index in [1.165, 1.54) is 0 Å². The van der Waals surface area contributed by atoms with Crippen molar-refractivity contribution in [2.75, 3.05) is 32.9 Å². The summed E-state index contributed by atoms with van der Waals surface area (Å²) in [4.78, 5) is 11.9. The summed E-state index contributed by atoms with van der Waals surface area (Å²) in [6.45, 7) is 5.64. The van der Waals surface area contributed by atoms with Gasteiger partial charge in [-0.15, -0.1) is 0 Å². The number of hydrogen-bond donors (Lipinski definition) is 1. The maximum atomic E-state index is 11.9. The standard InChI is InChI=1S/C12H21NO3/c1-2-16-11(14)10-8-13-9-12(10)4-3-6-15-7-5-12/h10,13H,2-9H2,1H3. The van der Waals surface area contributed by atoms with Crippen molar-refractivity contribution >= 4 is 5.97 Å². The smallest absolute Gasteiger partial charge is 0.310 e. The molecule has 1 N–H and O–H groups in total. The lowest BCUT2D eigenvalue weighted by Crippen LogP contribution is -2.36. The molecule has 0 bridgehead atoms. The van der Waals surface area contributed by atoms with Gasteiger partial charge in [0, 0.05) is 26.3 Å². The Morgan fingerprint density at radius 3 is 3.19 bits per heavy atom. The van der Waals surface area contributed by atoms with E-state index in [1.54, 1.807) is 0 Å². The van der Waals surface area contributed by atoms with Crippen LogP contribution in [0.3, 0.4) is 0 Å². The largest absolute Gasteiger partial charge is 0.466 e. The molecule has 0 amide bonds. The van der Waals surface area contributed by atoms with E-state index in [9.17, 15) is 4.79 Å². The molecule has 92 valence electrons. The zero-order chi connectivity index (χ0) is 11.4. The van der Waals surface area contributed by atoms with E-state index >= 15 is 0 Å². The normalized spacial score (nSPS) is 34.9. The van der Waals surface area contributed by atoms with Gasteiger partial charge in [-0.25, -0.2) is 0 Å². The van der Waals surface area contributed by atoms with Crippen molar-refractivity contribution in [2.24, 2.45) is 11.3 Å². The Balaban J connectivity index is 2.07. The molecule has 0 radical (unpaired) electrons. The highest BCUT2D eigenvalue weighted by molar-refractivity contribution is 5.74. The van der Waals surface area contributed by atoms with Crippen LogP contribution in [-0.4, -0.2) is 38.9 Å². The van der Waals surface area contributed by atoms with Crippen molar-refractivity contribution < 1.29 is 14.3 Å². The summed E-state index contributed by atoms with van der Waals surface area (Å²) in [5, 5.41) is 3.34. The number of ether oxygens (including phenoxy) is 2. The number of hydrogen-bond acceptors (Lipinski definition) is 4. The van der Waals surface area contributed by atoms with E-state index in [2.05, 4.69) is 5.32 Å². The van der Waals surface area contributed by atoms with Gasteiger partial charge in [0.2, 0.25) is 0 Å². The second-order valence-electron chi connectivity index (χ2n) is 4.76. The Morgan fingerprint density at radius 2 is 2.38 bits per heavy atom. The predicted octanol–water partition coefficient (Wildman–Crippen LogP) is 0.956. The highest BCUT2D eigenvalue weighted by atomic mass is 16.5. The van der Waals surface area contributed by atoms with Gasteiger partial charge in [0.15, 0.2) is 0 Å². The van der Waals surface area contributed by atoms with Crippen molar-refractivity contribution in [3.05, 3.63) is 0 Å². The van der Waals surface area contributed by atoms with Gasteiger partial charge in [-0.3, -0.25) is 4.79 Å². The minimum absolute atomic E-state index is 0.0224. The van der Waals surface area contributed by atoms with Crippen LogP contribution in [0.15, 0.2) is 0 Å². The topological polar surface area (TPSA) is 47.6 Å². The molecular formula is C12H21NO3. The van der Waals surface area contributed by atoms with Gasteiger partial charge in [-0.2, -0.15) is 0 Å². The summed E-state index contributed by atoms with van der Waals surface area (Å²) in [7, 11) is 0. The average Bonchev–Trinajstić information content (AvgIpc) is 2.52. The highest BCUT2D eigenvalue weighted by Gasteiger charge is 2.47. The van der Waals surface area contributed by atoms with Crippen molar-refractivity contribution in [3.63, 3.8) is 0 Å². The van der Waals surface area contributed by atoms with Crippen LogP contribution >= 0.6 is 0 Å². The van der Waals surface area contributed by atoms with Crippen LogP contribution in [0.25, 0.3) is 0 Å². The lowest BCUT2D eigenvalue weighted by Gasteiger charge is -2.31. The highest BCUT2D eigenvalue weighted by Crippen LogP contribution is 2.41. The Kier molecular flexibility index (Phi) is 3.82. The number of carbonyl (C=O) groups excluding carboxylic acids is 1. The maximum absolute atomic E-state index is 11.9. The van der Waals surface area contributed by atoms with E-state index in [4.69, 9.17) is 9.47 Å². The second-order valence-corrected chi connectivity index (χ2v) is 4.76. The Bertz CT molecular complexity index is 247. The fourth-order valence-electron chi connectivity index (χ4n) is 2.94. The van der Waals surface area contributed by atoms with Crippen molar-refractivity contribution in [1.82, 2.24) is 5.32 Å². The number of rotatable bonds is 2. The zero-order valence-corrected chi connectivity index (χ0v) is 9.96. The van der Waals surface area contributed by atoms with Crippen LogP contribution in [0.1, 0.15) is 26.2 Å². The summed E-state index contributed by atoms with van der Waals surface area (Å²) in [5.74, 6) is -0.0106. The SMILES string of the molecule is CCOC(=O)C1CNCC12CCCOCC2. The van der Waals surface area contributed by atoms with Gasteiger partial charge in [0.05, 0.1) is 12.5 Å². The first-order valence-corrected chi connectivity index (χ1v) is 6.23. The van der Waals surface area contributed by atoms with E-state index in [0.717, 1.165) is 45.6 Å². The summed E-state index contributed by atoms with van der Waals surface area (Å²) in [6.07, 6.45) is 3.10. The number of carbonyl (C=O) groups is 1. The van der Waals surface area contributed by atoms with Crippen LogP contribution in [0, 0.1) is 11.3 Å². The molecular weight excluding hydrogens is 206 g/mol. The van der Waals surface area contributed by atoms with Gasteiger partial charge < -0.3 is 14.8 Å². The third kappa shape index (κ3) is 2.23. The van der Waals surface area contributed by atoms with Gasteiger partial charge in [-0.1, -0.05) is 0 Å². The van der Waals surface area contributed by atoms with Crippen molar-refractivity contribution in [1.29, 1.82) is 0 Å². The van der Waals surface area contributed by atoms with E-state index in [-0.39, 0.29) is 17.3 Å². The fourth-order valence-corrected chi connectivity index (χ4v) is 2.94. The minimum Gasteiger partial charge on any atom is -0.466 e. The fraction of sp³-hybridized carbons (Fsp3) is 0.917. The van der Waals surface area contributed by atoms with E-state index < -0.39 is 0 Å². The van der Waals surface area contributed by atoms with E-state index in [1.807, 2.05) is 6.92 Å². The molecule has 1 spiro atoms. The molecule has 0 aromatic carbocycles. The monoisotopic (exact) mass is 227 g/mol. The Hall–Kier alpha value is -0.610. The van der Waals surface area contributed by atoms with Gasteiger partial charge >= 0.3 is 5.97 Å². The molecule has 2 unspecified atom stereocenters. The molecule has 2 rings (SSSR count). The van der Waals surface area contributed by atoms with Crippen molar-refractivity contribution in [2.45, 2.75) is 26.2 Å². The molecule has 2 aliphatic rings. The molecule has 4 nitrogen and oxygen atoms in total. The molecule has 2 aliphatic heterocycles. The van der Waals surface area contributed by atoms with Gasteiger partial charge in [0.1, 0.15) is 0 Å². The lowest BCUT2D eigenvalue weighted by molar-refractivity contribution is -0.151. The number of nitrogens with one attached hydrogen (secondary N) is 1. The summed E-state index contributed by atoms with van der Waals surface area (Å²) < 4.78 is 10.7. The predicted molar refractivity (Wildman–Crippen MR) is 60.1 cm³/mol. The molecule has 0 aromatic heterocycles. The molecule has 2 heterocycles. The van der Waals surface area contributed by atoms with Crippen LogP contribution in [0.4, 0.5) is 0 Å². The quantitative estimate of drug-likeness (QED) is 0.714. The second kappa shape index (κ2) is 5.15. The average molecular weight is 227 g/mol. The molecule has 2 saturated heterocycles. The summed E-state index contributed by atoms with van der Waals surface area (Å²) >= 11 is 0. The van der Waals surface area contributed by atoms with Crippen LogP contribution in [0.2, 0.25) is 0 Å². The molecule has 0 aromatic rings. The Labute approximate surface area is 96.7 Å². The zero-order valence-electron chi connectivity index (χ0n) is 9.96. The van der Waals surface area contributed by atoms with Gasteiger partial charge in [0.25, 0.3) is 0 Å². The first kappa shape index (κ1) is 11.9. The maximum Gasteiger partial charge on any atom is 0.310 e. The van der Waals surface area contributed by atoms with E-state index in [0.29, 0.717) is 6.61 Å². The number of esters is 1. The molecule has 4 heteroatoms. The van der Waals surface area contributed by atoms with Crippen LogP contribution in [-0.2, 0) is 14.3 Å². The first-order chi connectivity index (χ1) is 7.78. The molecule has 2 fully saturated rings. The molecule has 16 heavy (non-hydrogen) atoms. The molecule has 2 atom stereocenters. The third-order valence-corrected chi connectivity index (χ3v) is 3.84.